The van der Waals surface area contributed by atoms with Crippen LogP contribution in [0.5, 0.6) is 11.5 Å². The molecule has 2 fully saturated rings. The van der Waals surface area contributed by atoms with Crippen molar-refractivity contribution < 1.29 is 19.3 Å². The second-order valence-corrected chi connectivity index (χ2v) is 17.8. The van der Waals surface area contributed by atoms with Crippen molar-refractivity contribution in [3.8, 4) is 22.6 Å². The molecule has 0 heterocycles. The van der Waals surface area contributed by atoms with E-state index in [-0.39, 0.29) is 24.6 Å². The van der Waals surface area contributed by atoms with Gasteiger partial charge in [-0.15, -0.1) is 0 Å². The predicted octanol–water partition coefficient (Wildman–Crippen LogP) is 15.6. The fourth-order valence-corrected chi connectivity index (χ4v) is 9.79. The topological polar surface area (TPSA) is 105 Å². The van der Waals surface area contributed by atoms with Gasteiger partial charge in [-0.25, -0.2) is 0 Å². The molecule has 2 aliphatic rings. The highest BCUT2D eigenvalue weighted by Crippen LogP contribution is 2.40. The minimum Gasteiger partial charge on any atom is -0.489 e. The van der Waals surface area contributed by atoms with Crippen molar-refractivity contribution in [3.63, 3.8) is 0 Å². The van der Waals surface area contributed by atoms with Gasteiger partial charge in [0, 0.05) is 35.4 Å². The van der Waals surface area contributed by atoms with E-state index in [1.807, 2.05) is 24.3 Å². The van der Waals surface area contributed by atoms with Crippen LogP contribution in [-0.2, 0) is 13.2 Å². The van der Waals surface area contributed by atoms with Gasteiger partial charge < -0.3 is 9.47 Å². The highest BCUT2D eigenvalue weighted by Gasteiger charge is 2.24. The maximum Gasteiger partial charge on any atom is 0.269 e. The summed E-state index contributed by atoms with van der Waals surface area (Å²) in [4.78, 5) is 23.0. The first-order valence-electron chi connectivity index (χ1n) is 23.3. The van der Waals surface area contributed by atoms with Gasteiger partial charge in [0.1, 0.15) is 24.7 Å². The Morgan fingerprint density at radius 1 is 0.483 bits per heavy atom. The molecular formula is C52H68N2O6. The number of nitro benzene ring substituents is 2. The zero-order valence-electron chi connectivity index (χ0n) is 36.3. The Morgan fingerprint density at radius 2 is 0.850 bits per heavy atom. The first kappa shape index (κ1) is 44.8. The normalized spacial score (nSPS) is 19.2. The summed E-state index contributed by atoms with van der Waals surface area (Å²) >= 11 is 0. The summed E-state index contributed by atoms with van der Waals surface area (Å²) in [6.07, 6.45) is 26.3. The average molecular weight is 817 g/mol. The van der Waals surface area contributed by atoms with Crippen LogP contribution in [0.2, 0.25) is 0 Å². The Labute approximate surface area is 358 Å². The standard InChI is InChI=1S/C52H68N2O6/c1-3-5-7-9-11-13-39-15-19-41(20-16-39)43-23-29-49(30-24-43)59-37-45-35-47(53(55)56)27-33-51(45)52-34-28-48(54(57)58)36-46(52)38-60-50-31-25-44(26-32-50)42-21-17-40(18-22-42)14-12-10-8-6-4-2/h23-36,39-42H,3-22,37-38H2,1-2H3. The lowest BCUT2D eigenvalue weighted by molar-refractivity contribution is -0.385. The third-order valence-corrected chi connectivity index (χ3v) is 13.5. The molecule has 0 aliphatic heterocycles. The molecular weight excluding hydrogens is 749 g/mol. The summed E-state index contributed by atoms with van der Waals surface area (Å²) in [5.41, 5.74) is 5.25. The van der Waals surface area contributed by atoms with Crippen molar-refractivity contribution in [1.82, 2.24) is 0 Å². The van der Waals surface area contributed by atoms with Gasteiger partial charge in [0.15, 0.2) is 0 Å². The molecule has 0 spiro atoms. The fraction of sp³-hybridized carbons (Fsp3) is 0.538. The van der Waals surface area contributed by atoms with Crippen LogP contribution < -0.4 is 9.47 Å². The van der Waals surface area contributed by atoms with Gasteiger partial charge in [-0.05, 0) is 134 Å². The van der Waals surface area contributed by atoms with Crippen LogP contribution in [0.3, 0.4) is 0 Å². The molecule has 60 heavy (non-hydrogen) atoms. The van der Waals surface area contributed by atoms with E-state index in [9.17, 15) is 20.2 Å². The number of rotatable bonds is 23. The van der Waals surface area contributed by atoms with Crippen molar-refractivity contribution in [2.45, 2.75) is 167 Å². The fourth-order valence-electron chi connectivity index (χ4n) is 9.79. The zero-order chi connectivity index (χ0) is 42.1. The molecule has 322 valence electrons. The molecule has 0 N–H and O–H groups in total. The number of nitrogens with zero attached hydrogens (tertiary/aromatic N) is 2. The van der Waals surface area contributed by atoms with Gasteiger partial charge in [-0.3, -0.25) is 20.2 Å². The maximum absolute atomic E-state index is 11.9. The molecule has 0 saturated heterocycles. The van der Waals surface area contributed by atoms with E-state index in [0.29, 0.717) is 45.6 Å². The average Bonchev–Trinajstić information content (AvgIpc) is 3.28. The van der Waals surface area contributed by atoms with Crippen molar-refractivity contribution in [2.24, 2.45) is 11.8 Å². The largest absolute Gasteiger partial charge is 0.489 e. The van der Waals surface area contributed by atoms with Gasteiger partial charge in [0.05, 0.1) is 9.85 Å². The van der Waals surface area contributed by atoms with Crippen LogP contribution in [-0.4, -0.2) is 9.85 Å². The molecule has 0 unspecified atom stereocenters. The van der Waals surface area contributed by atoms with Crippen LogP contribution >= 0.6 is 0 Å². The molecule has 0 aromatic heterocycles. The Morgan fingerprint density at radius 3 is 1.20 bits per heavy atom. The zero-order valence-corrected chi connectivity index (χ0v) is 36.3. The van der Waals surface area contributed by atoms with E-state index in [0.717, 1.165) is 11.8 Å². The molecule has 8 heteroatoms. The number of unbranched alkanes of at least 4 members (excludes halogenated alkanes) is 8. The number of hydrogen-bond donors (Lipinski definition) is 0. The van der Waals surface area contributed by atoms with Crippen LogP contribution in [0, 0.1) is 32.1 Å². The molecule has 6 rings (SSSR count). The van der Waals surface area contributed by atoms with Gasteiger partial charge in [-0.1, -0.05) is 115 Å². The predicted molar refractivity (Wildman–Crippen MR) is 243 cm³/mol. The molecule has 4 aromatic rings. The summed E-state index contributed by atoms with van der Waals surface area (Å²) in [6.45, 7) is 4.73. The van der Waals surface area contributed by atoms with Crippen LogP contribution in [0.15, 0.2) is 84.9 Å². The minimum atomic E-state index is -0.409. The summed E-state index contributed by atoms with van der Waals surface area (Å²) in [5.74, 6) is 4.24. The van der Waals surface area contributed by atoms with Crippen molar-refractivity contribution >= 4 is 11.4 Å². The van der Waals surface area contributed by atoms with E-state index < -0.39 is 9.85 Å². The molecule has 0 radical (unpaired) electrons. The Balaban J connectivity index is 1.08. The lowest BCUT2D eigenvalue weighted by Crippen LogP contribution is -2.13. The van der Waals surface area contributed by atoms with E-state index in [1.165, 1.54) is 164 Å². The number of nitro groups is 2. The molecule has 2 aliphatic carbocycles. The van der Waals surface area contributed by atoms with E-state index >= 15 is 0 Å². The summed E-state index contributed by atoms with van der Waals surface area (Å²) < 4.78 is 12.6. The molecule has 2 saturated carbocycles. The van der Waals surface area contributed by atoms with Gasteiger partial charge in [0.2, 0.25) is 0 Å². The van der Waals surface area contributed by atoms with Gasteiger partial charge in [0.25, 0.3) is 11.4 Å². The second-order valence-electron chi connectivity index (χ2n) is 17.8. The van der Waals surface area contributed by atoms with E-state index in [4.69, 9.17) is 9.47 Å². The third-order valence-electron chi connectivity index (χ3n) is 13.5. The summed E-state index contributed by atoms with van der Waals surface area (Å²) in [6, 6.07) is 26.1. The third kappa shape index (κ3) is 13.1. The maximum atomic E-state index is 11.9. The molecule has 0 bridgehead atoms. The lowest BCUT2D eigenvalue weighted by Gasteiger charge is -2.29. The molecule has 0 atom stereocenters. The number of benzene rings is 4. The van der Waals surface area contributed by atoms with Crippen molar-refractivity contribution in [2.75, 3.05) is 0 Å². The number of non-ortho nitro benzene ring substituents is 2. The van der Waals surface area contributed by atoms with Crippen molar-refractivity contribution in [1.29, 1.82) is 0 Å². The minimum absolute atomic E-state index is 0.0417. The highest BCUT2D eigenvalue weighted by molar-refractivity contribution is 5.73. The van der Waals surface area contributed by atoms with Crippen LogP contribution in [0.1, 0.15) is 176 Å². The Kier molecular flexibility index (Phi) is 17.4. The SMILES string of the molecule is CCCCCCCC1CCC(c2ccc(OCc3cc([N+](=O)[O-])ccc3-c3ccc([N+](=O)[O-])cc3COc3ccc(C4CCC(CCCCCCC)CC4)cc3)cc2)CC1. The van der Waals surface area contributed by atoms with E-state index in [2.05, 4.69) is 38.1 Å². The molecule has 8 nitrogen and oxygen atoms in total. The van der Waals surface area contributed by atoms with Gasteiger partial charge in [-0.2, -0.15) is 0 Å². The highest BCUT2D eigenvalue weighted by atomic mass is 16.6. The molecule has 4 aromatic carbocycles. The Hall–Kier alpha value is -4.72. The van der Waals surface area contributed by atoms with Crippen molar-refractivity contribution in [3.05, 3.63) is 127 Å². The first-order chi connectivity index (χ1) is 29.3. The summed E-state index contributed by atoms with van der Waals surface area (Å²) in [7, 11) is 0. The van der Waals surface area contributed by atoms with E-state index in [1.54, 1.807) is 12.1 Å². The molecule has 0 amide bonds. The van der Waals surface area contributed by atoms with Gasteiger partial charge >= 0.3 is 0 Å². The quantitative estimate of drug-likeness (QED) is 0.0419. The van der Waals surface area contributed by atoms with Crippen LogP contribution in [0.25, 0.3) is 11.1 Å². The summed E-state index contributed by atoms with van der Waals surface area (Å²) in [5, 5.41) is 23.8. The first-order valence-corrected chi connectivity index (χ1v) is 23.3. The second kappa shape index (κ2) is 23.3. The Bertz CT molecular complexity index is 1790. The number of ether oxygens (including phenoxy) is 2. The smallest absolute Gasteiger partial charge is 0.269 e. The monoisotopic (exact) mass is 817 g/mol. The lowest BCUT2D eigenvalue weighted by atomic mass is 9.77. The number of hydrogen-bond acceptors (Lipinski definition) is 6. The van der Waals surface area contributed by atoms with Crippen LogP contribution in [0.4, 0.5) is 11.4 Å².